The molecule has 1 aromatic rings. The summed E-state index contributed by atoms with van der Waals surface area (Å²) in [6.07, 6.45) is 2.53. The lowest BCUT2D eigenvalue weighted by Crippen LogP contribution is -2.31. The molecule has 9 heteroatoms. The number of rotatable bonds is 6. The van der Waals surface area contributed by atoms with Crippen LogP contribution in [0.1, 0.15) is 5.69 Å². The highest BCUT2D eigenvalue weighted by molar-refractivity contribution is 7.91. The number of halogens is 1. The molecule has 0 aromatic carbocycles. The Morgan fingerprint density at radius 3 is 2.32 bits per heavy atom. The van der Waals surface area contributed by atoms with Gasteiger partial charge in [-0.1, -0.05) is 0 Å². The van der Waals surface area contributed by atoms with Crippen LogP contribution in [0.5, 0.6) is 0 Å². The molecule has 0 aliphatic rings. The van der Waals surface area contributed by atoms with Gasteiger partial charge in [0.1, 0.15) is 14.7 Å². The van der Waals surface area contributed by atoms with Gasteiger partial charge in [-0.25, -0.2) is 16.8 Å². The highest BCUT2D eigenvalue weighted by atomic mass is 35.5. The smallest absolute Gasteiger partial charge is 0.244 e. The number of nitrogens with zero attached hydrogens (tertiary/aromatic N) is 2. The molecule has 0 aliphatic heterocycles. The molecule has 1 heterocycles. The van der Waals surface area contributed by atoms with E-state index in [4.69, 9.17) is 11.6 Å². The Morgan fingerprint density at radius 1 is 1.32 bits per heavy atom. The summed E-state index contributed by atoms with van der Waals surface area (Å²) in [6, 6.07) is 1.49. The molecule has 6 nitrogen and oxygen atoms in total. The second-order valence-electron chi connectivity index (χ2n) is 4.37. The zero-order chi connectivity index (χ0) is 14.8. The maximum Gasteiger partial charge on any atom is 0.244 e. The highest BCUT2D eigenvalue weighted by Crippen LogP contribution is 2.18. The van der Waals surface area contributed by atoms with Gasteiger partial charge >= 0.3 is 0 Å². The van der Waals surface area contributed by atoms with Crippen molar-refractivity contribution in [2.75, 3.05) is 25.6 Å². The van der Waals surface area contributed by atoms with Gasteiger partial charge in [0.2, 0.25) is 10.0 Å². The molecule has 0 atom stereocenters. The number of hydrogen-bond acceptors (Lipinski definition) is 4. The molecule has 0 bridgehead atoms. The van der Waals surface area contributed by atoms with Crippen molar-refractivity contribution < 1.29 is 16.8 Å². The minimum atomic E-state index is -3.68. The lowest BCUT2D eigenvalue weighted by Gasteiger charge is -2.15. The summed E-state index contributed by atoms with van der Waals surface area (Å²) in [5, 5.41) is 0. The predicted octanol–water partition coefficient (Wildman–Crippen LogP) is 0.429. The quantitative estimate of drug-likeness (QED) is 0.710. The average molecular weight is 329 g/mol. The Morgan fingerprint density at radius 2 is 1.89 bits per heavy atom. The van der Waals surface area contributed by atoms with Gasteiger partial charge in [0, 0.05) is 38.8 Å². The average Bonchev–Trinajstić information content (AvgIpc) is 2.66. The first-order valence-electron chi connectivity index (χ1n) is 5.43. The fraction of sp³-hybridized carbons (Fsp3) is 0.600. The van der Waals surface area contributed by atoms with Crippen molar-refractivity contribution in [1.82, 2.24) is 8.87 Å². The lowest BCUT2D eigenvalue weighted by molar-refractivity contribution is 0.484. The van der Waals surface area contributed by atoms with Gasteiger partial charge in [0.25, 0.3) is 0 Å². The Hall–Kier alpha value is -0.570. The first-order valence-corrected chi connectivity index (χ1v) is 9.46. The molecule has 110 valence electrons. The van der Waals surface area contributed by atoms with Crippen LogP contribution in [-0.4, -0.2) is 51.3 Å². The van der Waals surface area contributed by atoms with Crippen molar-refractivity contribution >= 4 is 31.5 Å². The third-order valence-corrected chi connectivity index (χ3v) is 5.73. The Labute approximate surface area is 118 Å². The normalized spacial score (nSPS) is 13.1. The van der Waals surface area contributed by atoms with Gasteiger partial charge in [0.15, 0.2) is 0 Å². The summed E-state index contributed by atoms with van der Waals surface area (Å²) in [5.74, 6) is -0.00298. The maximum atomic E-state index is 12.2. The SMILES string of the molecule is CN(CCS(C)(=O)=O)S(=O)(=O)c1cc(CCl)n(C)c1. The molecule has 19 heavy (non-hydrogen) atoms. The minimum Gasteiger partial charge on any atom is -0.352 e. The van der Waals surface area contributed by atoms with Gasteiger partial charge in [-0.3, -0.25) is 0 Å². The van der Waals surface area contributed by atoms with E-state index >= 15 is 0 Å². The molecular weight excluding hydrogens is 312 g/mol. The summed E-state index contributed by atoms with van der Waals surface area (Å²) in [6.45, 7) is -0.0771. The van der Waals surface area contributed by atoms with E-state index in [1.807, 2.05) is 0 Å². The minimum absolute atomic E-state index is 0.0771. The van der Waals surface area contributed by atoms with E-state index in [9.17, 15) is 16.8 Å². The number of aryl methyl sites for hydroxylation is 1. The molecule has 0 saturated heterocycles. The zero-order valence-electron chi connectivity index (χ0n) is 11.0. The summed E-state index contributed by atoms with van der Waals surface area (Å²) in [4.78, 5) is 0.113. The highest BCUT2D eigenvalue weighted by Gasteiger charge is 2.23. The maximum absolute atomic E-state index is 12.2. The zero-order valence-corrected chi connectivity index (χ0v) is 13.4. The second-order valence-corrected chi connectivity index (χ2v) is 8.94. The number of hydrogen-bond donors (Lipinski definition) is 0. The first-order chi connectivity index (χ1) is 8.58. The molecule has 1 aromatic heterocycles. The summed E-state index contributed by atoms with van der Waals surface area (Å²) in [5.41, 5.74) is 0.678. The Bertz CT molecular complexity index is 649. The van der Waals surface area contributed by atoms with Gasteiger partial charge in [-0.15, -0.1) is 11.6 Å². The molecule has 0 unspecified atom stereocenters. The van der Waals surface area contributed by atoms with Gasteiger partial charge in [0.05, 0.1) is 11.6 Å². The van der Waals surface area contributed by atoms with E-state index in [0.29, 0.717) is 5.69 Å². The van der Waals surface area contributed by atoms with Gasteiger partial charge in [-0.05, 0) is 6.07 Å². The fourth-order valence-corrected chi connectivity index (χ4v) is 3.70. The Balaban J connectivity index is 2.96. The van der Waals surface area contributed by atoms with Crippen molar-refractivity contribution in [1.29, 1.82) is 0 Å². The first kappa shape index (κ1) is 16.5. The van der Waals surface area contributed by atoms with Crippen molar-refractivity contribution in [2.24, 2.45) is 7.05 Å². The van der Waals surface area contributed by atoms with Crippen LogP contribution in [-0.2, 0) is 32.8 Å². The van der Waals surface area contributed by atoms with E-state index in [0.717, 1.165) is 10.6 Å². The van der Waals surface area contributed by atoms with E-state index in [1.54, 1.807) is 11.6 Å². The van der Waals surface area contributed by atoms with Crippen LogP contribution in [0.4, 0.5) is 0 Å². The molecular formula is C10H17ClN2O4S2. The summed E-state index contributed by atoms with van der Waals surface area (Å²) in [7, 11) is -3.83. The molecule has 0 amide bonds. The molecule has 0 fully saturated rings. The molecule has 0 radical (unpaired) electrons. The molecule has 0 aliphatic carbocycles. The number of aromatic nitrogens is 1. The molecule has 1 rings (SSSR count). The van der Waals surface area contributed by atoms with Crippen LogP contribution < -0.4 is 0 Å². The topological polar surface area (TPSA) is 76.5 Å². The predicted molar refractivity (Wildman–Crippen MR) is 74.5 cm³/mol. The number of sulfonamides is 1. The van der Waals surface area contributed by atoms with Crippen LogP contribution >= 0.6 is 11.6 Å². The Kier molecular flexibility index (Phi) is 5.05. The third-order valence-electron chi connectivity index (χ3n) is 2.70. The van der Waals surface area contributed by atoms with Crippen LogP contribution in [0.15, 0.2) is 17.2 Å². The van der Waals surface area contributed by atoms with Crippen molar-refractivity contribution in [3.05, 3.63) is 18.0 Å². The van der Waals surface area contributed by atoms with E-state index in [2.05, 4.69) is 0 Å². The lowest BCUT2D eigenvalue weighted by atomic mass is 10.5. The largest absolute Gasteiger partial charge is 0.352 e. The van der Waals surface area contributed by atoms with Crippen LogP contribution in [0.25, 0.3) is 0 Å². The number of sulfone groups is 1. The third kappa shape index (κ3) is 4.20. The van der Waals surface area contributed by atoms with E-state index in [1.165, 1.54) is 19.3 Å². The second kappa shape index (κ2) is 5.82. The monoisotopic (exact) mass is 328 g/mol. The van der Waals surface area contributed by atoms with Crippen molar-refractivity contribution in [2.45, 2.75) is 10.8 Å². The summed E-state index contributed by atoms with van der Waals surface area (Å²) >= 11 is 5.69. The van der Waals surface area contributed by atoms with E-state index < -0.39 is 19.9 Å². The fourth-order valence-electron chi connectivity index (χ4n) is 1.45. The van der Waals surface area contributed by atoms with Crippen LogP contribution in [0, 0.1) is 0 Å². The number of alkyl halides is 1. The van der Waals surface area contributed by atoms with Crippen LogP contribution in [0.2, 0.25) is 0 Å². The van der Waals surface area contributed by atoms with Crippen molar-refractivity contribution in [3.8, 4) is 0 Å². The molecule has 0 N–H and O–H groups in total. The van der Waals surface area contributed by atoms with Crippen LogP contribution in [0.3, 0.4) is 0 Å². The standard InChI is InChI=1S/C10H17ClN2O4S2/c1-12-8-10(6-9(12)7-11)19(16,17)13(2)4-5-18(3,14)15/h6,8H,4-5,7H2,1-3H3. The molecule has 0 saturated carbocycles. The van der Waals surface area contributed by atoms with Crippen molar-refractivity contribution in [3.63, 3.8) is 0 Å². The van der Waals surface area contributed by atoms with E-state index in [-0.39, 0.29) is 23.1 Å². The van der Waals surface area contributed by atoms with Gasteiger partial charge < -0.3 is 4.57 Å². The van der Waals surface area contributed by atoms with Gasteiger partial charge in [-0.2, -0.15) is 4.31 Å². The summed E-state index contributed by atoms with van der Waals surface area (Å²) < 4.78 is 49.2. The molecule has 0 spiro atoms.